The Kier molecular flexibility index (Phi) is 7.41. The number of carbonyl (C=O) groups excluding carboxylic acids is 3. The predicted molar refractivity (Wildman–Crippen MR) is 140 cm³/mol. The van der Waals surface area contributed by atoms with E-state index < -0.39 is 0 Å². The first-order chi connectivity index (χ1) is 17.6. The molecule has 1 aliphatic heterocycles. The van der Waals surface area contributed by atoms with Crippen molar-refractivity contribution in [2.24, 2.45) is 0 Å². The first kappa shape index (κ1) is 24.2. The molecular formula is C28H29N3O4S. The van der Waals surface area contributed by atoms with Crippen molar-refractivity contribution in [1.82, 2.24) is 10.2 Å². The third kappa shape index (κ3) is 5.49. The van der Waals surface area contributed by atoms with Crippen LogP contribution in [0.3, 0.4) is 0 Å². The number of anilines is 1. The molecule has 8 heteroatoms. The number of para-hydroxylation sites is 1. The molecule has 7 nitrogen and oxygen atoms in total. The molecule has 0 unspecified atom stereocenters. The van der Waals surface area contributed by atoms with Gasteiger partial charge < -0.3 is 20.0 Å². The van der Waals surface area contributed by atoms with Gasteiger partial charge in [0.15, 0.2) is 0 Å². The number of thioether (sulfide) groups is 1. The molecule has 1 aromatic heterocycles. The van der Waals surface area contributed by atoms with Crippen LogP contribution < -0.4 is 10.6 Å². The van der Waals surface area contributed by atoms with Gasteiger partial charge >= 0.3 is 0 Å². The summed E-state index contributed by atoms with van der Waals surface area (Å²) in [5, 5.41) is 5.88. The summed E-state index contributed by atoms with van der Waals surface area (Å²) in [6, 6.07) is 18.2. The van der Waals surface area contributed by atoms with Gasteiger partial charge in [-0.2, -0.15) is 0 Å². The molecule has 3 amide bonds. The normalized spacial score (nSPS) is 18.3. The van der Waals surface area contributed by atoms with Gasteiger partial charge in [0.05, 0.1) is 29.8 Å². The summed E-state index contributed by atoms with van der Waals surface area (Å²) in [6.45, 7) is 0.408. The van der Waals surface area contributed by atoms with Crippen LogP contribution in [0.4, 0.5) is 5.69 Å². The second kappa shape index (κ2) is 11.0. The summed E-state index contributed by atoms with van der Waals surface area (Å²) in [5.41, 5.74) is 2.37. The first-order valence-electron chi connectivity index (χ1n) is 12.3. The predicted octanol–water partition coefficient (Wildman–Crippen LogP) is 5.37. The van der Waals surface area contributed by atoms with Gasteiger partial charge in [0.1, 0.15) is 11.1 Å². The fraction of sp³-hybridized carbons (Fsp3) is 0.321. The monoisotopic (exact) mass is 503 g/mol. The van der Waals surface area contributed by atoms with Gasteiger partial charge in [-0.25, -0.2) is 0 Å². The lowest BCUT2D eigenvalue weighted by molar-refractivity contribution is -0.128. The Labute approximate surface area is 214 Å². The van der Waals surface area contributed by atoms with Crippen LogP contribution in [0.5, 0.6) is 0 Å². The number of furan rings is 1. The molecule has 2 aliphatic rings. The van der Waals surface area contributed by atoms with Crippen LogP contribution in [0, 0.1) is 0 Å². The zero-order valence-corrected chi connectivity index (χ0v) is 20.8. The molecular weight excluding hydrogens is 474 g/mol. The molecule has 2 aromatic carbocycles. The number of benzene rings is 2. The molecule has 2 fully saturated rings. The maximum atomic E-state index is 13.0. The zero-order valence-electron chi connectivity index (χ0n) is 19.9. The average Bonchev–Trinajstić information content (AvgIpc) is 3.55. The minimum atomic E-state index is -0.290. The molecule has 0 bridgehead atoms. The highest BCUT2D eigenvalue weighted by Gasteiger charge is 2.33. The van der Waals surface area contributed by atoms with Crippen LogP contribution >= 0.6 is 11.8 Å². The Balaban J connectivity index is 1.26. The van der Waals surface area contributed by atoms with Gasteiger partial charge in [-0.05, 0) is 54.8 Å². The van der Waals surface area contributed by atoms with Crippen LogP contribution in [0.25, 0.3) is 0 Å². The molecule has 0 radical (unpaired) electrons. The van der Waals surface area contributed by atoms with Gasteiger partial charge in [-0.3, -0.25) is 14.4 Å². The van der Waals surface area contributed by atoms with E-state index in [2.05, 4.69) is 10.6 Å². The lowest BCUT2D eigenvalue weighted by Gasteiger charge is -2.23. The highest BCUT2D eigenvalue weighted by molar-refractivity contribution is 8.00. The second-order valence-corrected chi connectivity index (χ2v) is 10.3. The van der Waals surface area contributed by atoms with Crippen molar-refractivity contribution in [2.45, 2.75) is 50.1 Å². The second-order valence-electron chi connectivity index (χ2n) is 9.19. The van der Waals surface area contributed by atoms with Crippen molar-refractivity contribution < 1.29 is 18.8 Å². The molecule has 1 atom stereocenters. The smallest absolute Gasteiger partial charge is 0.255 e. The van der Waals surface area contributed by atoms with E-state index in [0.717, 1.165) is 37.0 Å². The summed E-state index contributed by atoms with van der Waals surface area (Å²) >= 11 is 1.56. The summed E-state index contributed by atoms with van der Waals surface area (Å²) in [7, 11) is 0. The van der Waals surface area contributed by atoms with Gasteiger partial charge in [-0.15, -0.1) is 11.8 Å². The first-order valence-corrected chi connectivity index (χ1v) is 13.4. The van der Waals surface area contributed by atoms with Crippen LogP contribution in [0.2, 0.25) is 0 Å². The fourth-order valence-corrected chi connectivity index (χ4v) is 5.95. The zero-order chi connectivity index (χ0) is 24.9. The highest BCUT2D eigenvalue weighted by Crippen LogP contribution is 2.39. The number of hydrogen-bond donors (Lipinski definition) is 2. The number of nitrogens with one attached hydrogen (secondary N) is 2. The van der Waals surface area contributed by atoms with E-state index >= 15 is 0 Å². The van der Waals surface area contributed by atoms with Crippen molar-refractivity contribution in [3.05, 3.63) is 89.4 Å². The van der Waals surface area contributed by atoms with Crippen molar-refractivity contribution in [3.8, 4) is 0 Å². The third-order valence-electron chi connectivity index (χ3n) is 6.69. The van der Waals surface area contributed by atoms with Crippen molar-refractivity contribution in [2.75, 3.05) is 11.1 Å². The largest absolute Gasteiger partial charge is 0.467 e. The number of carbonyl (C=O) groups is 3. The molecule has 186 valence electrons. The summed E-state index contributed by atoms with van der Waals surface area (Å²) in [6.07, 6.45) is 7.08. The molecule has 36 heavy (non-hydrogen) atoms. The molecule has 2 N–H and O–H groups in total. The summed E-state index contributed by atoms with van der Waals surface area (Å²) in [5.74, 6) is 0.756. The topological polar surface area (TPSA) is 91.7 Å². The number of amides is 3. The van der Waals surface area contributed by atoms with Crippen molar-refractivity contribution in [1.29, 1.82) is 0 Å². The third-order valence-corrected chi connectivity index (χ3v) is 7.95. The quantitative estimate of drug-likeness (QED) is 0.452. The molecule has 1 saturated heterocycles. The summed E-state index contributed by atoms with van der Waals surface area (Å²) in [4.78, 5) is 40.2. The van der Waals surface area contributed by atoms with E-state index in [4.69, 9.17) is 4.42 Å². The minimum Gasteiger partial charge on any atom is -0.467 e. The summed E-state index contributed by atoms with van der Waals surface area (Å²) < 4.78 is 5.42. The maximum absolute atomic E-state index is 13.0. The van der Waals surface area contributed by atoms with E-state index in [-0.39, 0.29) is 29.1 Å². The van der Waals surface area contributed by atoms with Gasteiger partial charge in [0, 0.05) is 11.6 Å². The molecule has 1 aliphatic carbocycles. The average molecular weight is 504 g/mol. The van der Waals surface area contributed by atoms with E-state index in [0.29, 0.717) is 29.1 Å². The Bertz CT molecular complexity index is 1220. The standard InChI is InChI=1S/C28H29N3O4S/c32-25-18-36-28(31(25)17-22-9-6-16-35-22)20-14-12-19(13-15-20)26(33)30-24-11-5-4-10-23(24)27(34)29-21-7-2-1-3-8-21/h4-6,9-16,21,28H,1-3,7-8,17-18H2,(H,29,34)(H,30,33)/t28-/m0/s1. The van der Waals surface area contributed by atoms with Gasteiger partial charge in [0.25, 0.3) is 11.8 Å². The molecule has 1 saturated carbocycles. The lowest BCUT2D eigenvalue weighted by atomic mass is 9.95. The van der Waals surface area contributed by atoms with E-state index in [1.165, 1.54) is 6.42 Å². The minimum absolute atomic E-state index is 0.0614. The molecule has 5 rings (SSSR count). The van der Waals surface area contributed by atoms with Crippen LogP contribution in [0.15, 0.2) is 71.3 Å². The maximum Gasteiger partial charge on any atom is 0.255 e. The van der Waals surface area contributed by atoms with Crippen molar-refractivity contribution in [3.63, 3.8) is 0 Å². The van der Waals surface area contributed by atoms with Crippen molar-refractivity contribution >= 4 is 35.2 Å². The Hall–Kier alpha value is -3.52. The van der Waals surface area contributed by atoms with Crippen LogP contribution in [0.1, 0.15) is 69.5 Å². The number of rotatable bonds is 7. The van der Waals surface area contributed by atoms with Crippen LogP contribution in [-0.2, 0) is 11.3 Å². The Morgan fingerprint density at radius 2 is 1.72 bits per heavy atom. The lowest BCUT2D eigenvalue weighted by Crippen LogP contribution is -2.36. The van der Waals surface area contributed by atoms with E-state index in [9.17, 15) is 14.4 Å². The van der Waals surface area contributed by atoms with Gasteiger partial charge in [0.2, 0.25) is 5.91 Å². The Morgan fingerprint density at radius 1 is 0.944 bits per heavy atom. The molecule has 0 spiro atoms. The molecule has 2 heterocycles. The highest BCUT2D eigenvalue weighted by atomic mass is 32.2. The number of hydrogen-bond acceptors (Lipinski definition) is 5. The van der Waals surface area contributed by atoms with E-state index in [1.807, 2.05) is 24.3 Å². The number of nitrogens with zero attached hydrogens (tertiary/aromatic N) is 1. The SMILES string of the molecule is O=C(Nc1ccccc1C(=O)NC1CCCCC1)c1ccc([C@@H]2SCC(=O)N2Cc2ccco2)cc1. The van der Waals surface area contributed by atoms with Crippen LogP contribution in [-0.4, -0.2) is 34.4 Å². The fourth-order valence-electron chi connectivity index (χ4n) is 4.77. The van der Waals surface area contributed by atoms with Gasteiger partial charge in [-0.1, -0.05) is 43.5 Å². The Morgan fingerprint density at radius 3 is 2.47 bits per heavy atom. The molecule has 3 aromatic rings. The van der Waals surface area contributed by atoms with E-state index in [1.54, 1.807) is 59.3 Å².